The van der Waals surface area contributed by atoms with Gasteiger partial charge in [0.25, 0.3) is 0 Å². The van der Waals surface area contributed by atoms with E-state index in [1.807, 2.05) is 67.6 Å². The first-order chi connectivity index (χ1) is 16.8. The second-order valence-corrected chi connectivity index (χ2v) is 10.6. The van der Waals surface area contributed by atoms with Gasteiger partial charge in [-0.05, 0) is 36.6 Å². The Hall–Kier alpha value is -3.04. The predicted molar refractivity (Wildman–Crippen MR) is 133 cm³/mol. The van der Waals surface area contributed by atoms with Gasteiger partial charge in [0.05, 0.1) is 17.1 Å². The quantitative estimate of drug-likeness (QED) is 0.397. The number of rotatable bonds is 10. The van der Waals surface area contributed by atoms with E-state index in [1.165, 1.54) is 12.1 Å². The van der Waals surface area contributed by atoms with Crippen LogP contribution in [0.15, 0.2) is 89.8 Å². The molecule has 1 aliphatic rings. The summed E-state index contributed by atoms with van der Waals surface area (Å²) in [4.78, 5) is 12.4. The number of nitrogens with one attached hydrogen (secondary N) is 2. The molecule has 1 aliphatic heterocycles. The van der Waals surface area contributed by atoms with Gasteiger partial charge in [0.1, 0.15) is 6.04 Å². The monoisotopic (exact) mass is 494 g/mol. The summed E-state index contributed by atoms with van der Waals surface area (Å²) in [7, 11) is -4.03. The molecule has 3 aromatic carbocycles. The summed E-state index contributed by atoms with van der Waals surface area (Å²) in [5.74, 6) is -1.79. The highest BCUT2D eigenvalue weighted by molar-refractivity contribution is 7.89. The molecule has 4 rings (SSSR count). The molecule has 3 N–H and O–H groups in total. The number of hydrogen-bond acceptors (Lipinski definition) is 5. The zero-order valence-corrected chi connectivity index (χ0v) is 20.3. The molecule has 1 saturated heterocycles. The molecule has 8 heteroatoms. The van der Waals surface area contributed by atoms with Gasteiger partial charge in [-0.3, -0.25) is 4.79 Å². The number of ether oxygens (including phenoxy) is 1. The zero-order valence-electron chi connectivity index (χ0n) is 19.5. The van der Waals surface area contributed by atoms with E-state index < -0.39 is 34.1 Å². The van der Waals surface area contributed by atoms with Crippen molar-refractivity contribution in [3.05, 3.63) is 102 Å². The summed E-state index contributed by atoms with van der Waals surface area (Å²) in [6.45, 7) is 2.84. The van der Waals surface area contributed by atoms with E-state index in [1.54, 1.807) is 12.1 Å². The van der Waals surface area contributed by atoms with Crippen molar-refractivity contribution in [1.29, 1.82) is 0 Å². The van der Waals surface area contributed by atoms with Gasteiger partial charge in [-0.15, -0.1) is 0 Å². The van der Waals surface area contributed by atoms with Crippen molar-refractivity contribution in [3.8, 4) is 0 Å². The summed E-state index contributed by atoms with van der Waals surface area (Å²) >= 11 is 0. The molecule has 0 spiro atoms. The van der Waals surface area contributed by atoms with Crippen LogP contribution in [0.3, 0.4) is 0 Å². The third kappa shape index (κ3) is 6.35. The Kier molecular flexibility index (Phi) is 7.97. The van der Waals surface area contributed by atoms with Crippen molar-refractivity contribution in [2.75, 3.05) is 6.54 Å². The molecule has 0 amide bonds. The van der Waals surface area contributed by atoms with Crippen LogP contribution in [0.25, 0.3) is 0 Å². The Morgan fingerprint density at radius 3 is 2.26 bits per heavy atom. The van der Waals surface area contributed by atoms with Crippen LogP contribution >= 0.6 is 0 Å². The van der Waals surface area contributed by atoms with E-state index in [0.717, 1.165) is 16.7 Å². The Balaban J connectivity index is 1.55. The zero-order chi connectivity index (χ0) is 24.8. The minimum Gasteiger partial charge on any atom is -0.480 e. The topological polar surface area (TPSA) is 105 Å². The Morgan fingerprint density at radius 2 is 1.63 bits per heavy atom. The minimum atomic E-state index is -4.03. The third-order valence-corrected chi connectivity index (χ3v) is 7.76. The van der Waals surface area contributed by atoms with E-state index in [0.29, 0.717) is 19.5 Å². The smallest absolute Gasteiger partial charge is 0.322 e. The molecule has 7 nitrogen and oxygen atoms in total. The Morgan fingerprint density at radius 1 is 1.00 bits per heavy atom. The van der Waals surface area contributed by atoms with Gasteiger partial charge in [-0.1, -0.05) is 78.4 Å². The number of hydrogen-bond donors (Lipinski definition) is 3. The highest BCUT2D eigenvalue weighted by Gasteiger charge is 2.44. The number of aliphatic carboxylic acids is 1. The molecule has 0 saturated carbocycles. The van der Waals surface area contributed by atoms with Crippen molar-refractivity contribution in [2.45, 2.75) is 43.0 Å². The number of carbonyl (C=O) groups is 1. The van der Waals surface area contributed by atoms with Crippen LogP contribution in [-0.4, -0.2) is 38.2 Å². The second kappa shape index (κ2) is 11.1. The van der Waals surface area contributed by atoms with Crippen LogP contribution in [0, 0.1) is 12.8 Å². The molecule has 35 heavy (non-hydrogen) atoms. The number of sulfonamides is 1. The summed E-state index contributed by atoms with van der Waals surface area (Å²) < 4.78 is 34.8. The van der Waals surface area contributed by atoms with Crippen molar-refractivity contribution in [2.24, 2.45) is 5.92 Å². The molecular weight excluding hydrogens is 464 g/mol. The van der Waals surface area contributed by atoms with Crippen LogP contribution in [-0.2, 0) is 26.1 Å². The molecule has 1 heterocycles. The fourth-order valence-electron chi connectivity index (χ4n) is 4.43. The van der Waals surface area contributed by atoms with Gasteiger partial charge in [-0.25, -0.2) is 8.42 Å². The largest absolute Gasteiger partial charge is 0.480 e. The highest BCUT2D eigenvalue weighted by atomic mass is 32.2. The molecule has 184 valence electrons. The van der Waals surface area contributed by atoms with Crippen LogP contribution in [0.2, 0.25) is 0 Å². The maximum Gasteiger partial charge on any atom is 0.322 e. The van der Waals surface area contributed by atoms with Crippen LogP contribution in [0.5, 0.6) is 0 Å². The van der Waals surface area contributed by atoms with Crippen LogP contribution in [0.1, 0.15) is 29.2 Å². The fourth-order valence-corrected chi connectivity index (χ4v) is 5.67. The minimum absolute atomic E-state index is 0.0339. The molecule has 1 fully saturated rings. The summed E-state index contributed by atoms with van der Waals surface area (Å²) in [6, 6.07) is 24.5. The van der Waals surface area contributed by atoms with Gasteiger partial charge < -0.3 is 15.2 Å². The SMILES string of the molecule is Cc1ccc(S(=O)(=O)N[C@@H](C(=O)O)[C@H]2C[C@H](c3ccccc3)O[C@@H]2CNCc2ccccc2)cc1. The van der Waals surface area contributed by atoms with E-state index in [4.69, 9.17) is 4.74 Å². The van der Waals surface area contributed by atoms with Crippen molar-refractivity contribution in [3.63, 3.8) is 0 Å². The highest BCUT2D eigenvalue weighted by Crippen LogP contribution is 2.39. The first-order valence-electron chi connectivity index (χ1n) is 11.6. The van der Waals surface area contributed by atoms with Gasteiger partial charge in [-0.2, -0.15) is 4.72 Å². The molecule has 0 radical (unpaired) electrons. The van der Waals surface area contributed by atoms with E-state index in [9.17, 15) is 18.3 Å². The number of carboxylic acids is 1. The number of aryl methyl sites for hydroxylation is 1. The van der Waals surface area contributed by atoms with Gasteiger partial charge in [0.15, 0.2) is 0 Å². The summed E-state index contributed by atoms with van der Waals surface area (Å²) in [6.07, 6.45) is -0.434. The lowest BCUT2D eigenvalue weighted by Crippen LogP contribution is -2.49. The molecule has 3 aromatic rings. The lowest BCUT2D eigenvalue weighted by molar-refractivity contribution is -0.141. The third-order valence-electron chi connectivity index (χ3n) is 6.30. The van der Waals surface area contributed by atoms with Crippen LogP contribution in [0.4, 0.5) is 0 Å². The molecular formula is C27H30N2O5S. The summed E-state index contributed by atoms with van der Waals surface area (Å²) in [5.41, 5.74) is 2.95. The van der Waals surface area contributed by atoms with Crippen LogP contribution < -0.4 is 10.0 Å². The molecule has 0 bridgehead atoms. The average Bonchev–Trinajstić information content (AvgIpc) is 3.28. The normalized spacial score (nSPS) is 21.0. The summed E-state index contributed by atoms with van der Waals surface area (Å²) in [5, 5.41) is 13.4. The molecule has 0 unspecified atom stereocenters. The van der Waals surface area contributed by atoms with E-state index in [2.05, 4.69) is 10.0 Å². The molecule has 0 aromatic heterocycles. The van der Waals surface area contributed by atoms with Crippen molar-refractivity contribution in [1.82, 2.24) is 10.0 Å². The lowest BCUT2D eigenvalue weighted by Gasteiger charge is -2.25. The average molecular weight is 495 g/mol. The van der Waals surface area contributed by atoms with Gasteiger partial charge in [0.2, 0.25) is 10.0 Å². The van der Waals surface area contributed by atoms with Crippen molar-refractivity contribution < 1.29 is 23.1 Å². The second-order valence-electron chi connectivity index (χ2n) is 8.84. The maximum absolute atomic E-state index is 13.0. The van der Waals surface area contributed by atoms with E-state index >= 15 is 0 Å². The fraction of sp³-hybridized carbons (Fsp3) is 0.296. The number of benzene rings is 3. The Bertz CT molecular complexity index is 1220. The van der Waals surface area contributed by atoms with Gasteiger partial charge in [0, 0.05) is 19.0 Å². The predicted octanol–water partition coefficient (Wildman–Crippen LogP) is 3.66. The maximum atomic E-state index is 13.0. The molecule has 4 atom stereocenters. The van der Waals surface area contributed by atoms with Gasteiger partial charge >= 0.3 is 5.97 Å². The molecule has 0 aliphatic carbocycles. The standard InChI is InChI=1S/C27H30N2O5S/c1-19-12-14-22(15-13-19)35(32,33)29-26(27(30)31)23-16-24(21-10-6-3-7-11-21)34-25(23)18-28-17-20-8-4-2-5-9-20/h2-15,23-26,28-29H,16-18H2,1H3,(H,30,31)/t23-,24+,25+,26+/m0/s1. The first kappa shape index (κ1) is 25.1. The first-order valence-corrected chi connectivity index (χ1v) is 13.1. The van der Waals surface area contributed by atoms with Crippen molar-refractivity contribution >= 4 is 16.0 Å². The Labute approximate surface area is 206 Å². The number of carboxylic acid groups (broad SMARTS) is 1. The lowest BCUT2D eigenvalue weighted by atomic mass is 9.90. The van der Waals surface area contributed by atoms with E-state index in [-0.39, 0.29) is 11.0 Å².